The first-order chi connectivity index (χ1) is 8.82. The fourth-order valence-electron chi connectivity index (χ4n) is 2.07. The summed E-state index contributed by atoms with van der Waals surface area (Å²) >= 11 is 5.41. The summed E-state index contributed by atoms with van der Waals surface area (Å²) in [5, 5.41) is 5.90. The molecule has 1 aromatic rings. The Labute approximate surface area is 131 Å². The fraction of sp³-hybridized carbons (Fsp3) is 0.750. The zero-order chi connectivity index (χ0) is 14.5. The fourth-order valence-corrected chi connectivity index (χ4v) is 3.60. The predicted molar refractivity (Wildman–Crippen MR) is 91.0 cm³/mol. The first-order valence-electron chi connectivity index (χ1n) is 7.29. The summed E-state index contributed by atoms with van der Waals surface area (Å²) in [6.45, 7) is 12.8. The van der Waals surface area contributed by atoms with Gasteiger partial charge in [-0.05, 0) is 59.1 Å². The molecule has 0 radical (unpaired) electrons. The molecule has 0 bridgehead atoms. The molecule has 0 saturated heterocycles. The van der Waals surface area contributed by atoms with Crippen LogP contribution in [0.3, 0.4) is 0 Å². The number of nitrogens with one attached hydrogen (secondary N) is 1. The van der Waals surface area contributed by atoms with Crippen molar-refractivity contribution in [3.05, 3.63) is 20.8 Å². The van der Waals surface area contributed by atoms with E-state index in [1.165, 1.54) is 22.2 Å². The molecule has 110 valence electrons. The van der Waals surface area contributed by atoms with E-state index in [4.69, 9.17) is 0 Å². The van der Waals surface area contributed by atoms with Crippen molar-refractivity contribution < 1.29 is 0 Å². The molecule has 0 spiro atoms. The molecule has 1 rings (SSSR count). The molecule has 0 aliphatic heterocycles. The Bertz CT molecular complexity index is 367. The molecule has 0 aliphatic rings. The Morgan fingerprint density at radius 1 is 1.37 bits per heavy atom. The summed E-state index contributed by atoms with van der Waals surface area (Å²) in [7, 11) is 0. The second-order valence-electron chi connectivity index (χ2n) is 6.59. The number of halogens is 1. The summed E-state index contributed by atoms with van der Waals surface area (Å²) in [5.74, 6) is 0.727. The van der Waals surface area contributed by atoms with Crippen LogP contribution in [0.25, 0.3) is 0 Å². The first kappa shape index (κ1) is 17.2. The zero-order valence-corrected chi connectivity index (χ0v) is 15.3. The van der Waals surface area contributed by atoms with Gasteiger partial charge in [0, 0.05) is 20.8 Å². The third-order valence-electron chi connectivity index (χ3n) is 3.87. The quantitative estimate of drug-likeness (QED) is 0.688. The molecule has 3 heteroatoms. The maximum absolute atomic E-state index is 3.72. The van der Waals surface area contributed by atoms with Crippen molar-refractivity contribution in [3.63, 3.8) is 0 Å². The van der Waals surface area contributed by atoms with Crippen LogP contribution in [0, 0.1) is 11.3 Å². The molecule has 0 aliphatic carbocycles. The highest BCUT2D eigenvalue weighted by molar-refractivity contribution is 9.10. The third-order valence-corrected chi connectivity index (χ3v) is 5.59. The van der Waals surface area contributed by atoms with Gasteiger partial charge in [-0.2, -0.15) is 0 Å². The number of hydrogen-bond donors (Lipinski definition) is 1. The lowest BCUT2D eigenvalue weighted by Crippen LogP contribution is -2.35. The van der Waals surface area contributed by atoms with E-state index >= 15 is 0 Å². The Balaban J connectivity index is 2.61. The van der Waals surface area contributed by atoms with Gasteiger partial charge in [-0.25, -0.2) is 0 Å². The Hall–Kier alpha value is 0.140. The molecule has 0 fully saturated rings. The van der Waals surface area contributed by atoms with Crippen LogP contribution in [0.2, 0.25) is 0 Å². The molecular formula is C16H28BrNS. The molecule has 19 heavy (non-hydrogen) atoms. The van der Waals surface area contributed by atoms with Gasteiger partial charge < -0.3 is 5.32 Å². The molecule has 0 amide bonds. The highest BCUT2D eigenvalue weighted by Gasteiger charge is 2.23. The number of rotatable bonds is 7. The van der Waals surface area contributed by atoms with Crippen LogP contribution in [-0.2, 0) is 6.42 Å². The van der Waals surface area contributed by atoms with Crippen molar-refractivity contribution in [1.29, 1.82) is 0 Å². The normalized spacial score (nSPS) is 15.5. The molecule has 1 aromatic heterocycles. The third kappa shape index (κ3) is 6.42. The second kappa shape index (κ2) is 7.80. The van der Waals surface area contributed by atoms with E-state index in [-0.39, 0.29) is 0 Å². The van der Waals surface area contributed by atoms with Crippen molar-refractivity contribution in [3.8, 4) is 0 Å². The van der Waals surface area contributed by atoms with Crippen LogP contribution in [-0.4, -0.2) is 12.6 Å². The summed E-state index contributed by atoms with van der Waals surface area (Å²) in [5.41, 5.74) is 0.391. The summed E-state index contributed by atoms with van der Waals surface area (Å²) in [6, 6.07) is 2.85. The van der Waals surface area contributed by atoms with Crippen LogP contribution >= 0.6 is 27.3 Å². The SMILES string of the molecule is CCCNC(Cc1cc(Br)cs1)CC(C)C(C)(C)C. The summed E-state index contributed by atoms with van der Waals surface area (Å²) in [6.07, 6.45) is 3.60. The maximum atomic E-state index is 3.72. The Kier molecular flexibility index (Phi) is 7.06. The monoisotopic (exact) mass is 345 g/mol. The molecule has 2 unspecified atom stereocenters. The van der Waals surface area contributed by atoms with Crippen molar-refractivity contribution in [1.82, 2.24) is 5.32 Å². The number of thiophene rings is 1. The van der Waals surface area contributed by atoms with E-state index in [9.17, 15) is 0 Å². The average Bonchev–Trinajstić information content (AvgIpc) is 2.70. The van der Waals surface area contributed by atoms with Crippen molar-refractivity contribution in [2.45, 2.75) is 59.9 Å². The van der Waals surface area contributed by atoms with Crippen LogP contribution in [0.1, 0.15) is 52.3 Å². The minimum atomic E-state index is 0.391. The van der Waals surface area contributed by atoms with Gasteiger partial charge in [0.25, 0.3) is 0 Å². The van der Waals surface area contributed by atoms with Crippen molar-refractivity contribution in [2.24, 2.45) is 11.3 Å². The van der Waals surface area contributed by atoms with Gasteiger partial charge in [0.1, 0.15) is 0 Å². The lowest BCUT2D eigenvalue weighted by molar-refractivity contribution is 0.222. The molecular weight excluding hydrogens is 318 g/mol. The number of hydrogen-bond acceptors (Lipinski definition) is 2. The van der Waals surface area contributed by atoms with Crippen molar-refractivity contribution >= 4 is 27.3 Å². The van der Waals surface area contributed by atoms with Crippen LogP contribution in [0.4, 0.5) is 0 Å². The zero-order valence-electron chi connectivity index (χ0n) is 12.9. The van der Waals surface area contributed by atoms with Gasteiger partial charge in [0.05, 0.1) is 0 Å². The van der Waals surface area contributed by atoms with Crippen LogP contribution < -0.4 is 5.32 Å². The van der Waals surface area contributed by atoms with E-state index in [1.807, 2.05) is 11.3 Å². The van der Waals surface area contributed by atoms with Gasteiger partial charge in [-0.3, -0.25) is 0 Å². The minimum absolute atomic E-state index is 0.391. The minimum Gasteiger partial charge on any atom is -0.314 e. The summed E-state index contributed by atoms with van der Waals surface area (Å²) < 4.78 is 1.21. The van der Waals surface area contributed by atoms with Gasteiger partial charge in [-0.1, -0.05) is 34.6 Å². The molecule has 0 aromatic carbocycles. The topological polar surface area (TPSA) is 12.0 Å². The molecule has 1 nitrogen and oxygen atoms in total. The van der Waals surface area contributed by atoms with Crippen molar-refractivity contribution in [2.75, 3.05) is 6.54 Å². The van der Waals surface area contributed by atoms with Gasteiger partial charge in [0.2, 0.25) is 0 Å². The highest BCUT2D eigenvalue weighted by Crippen LogP contribution is 2.30. The standard InChI is InChI=1S/C16H28BrNS/c1-6-7-18-14(8-12(2)16(3,4)5)10-15-9-13(17)11-19-15/h9,11-12,14,18H,6-8,10H2,1-5H3. The molecule has 1 heterocycles. The average molecular weight is 346 g/mol. The highest BCUT2D eigenvalue weighted by atomic mass is 79.9. The predicted octanol–water partition coefficient (Wildman–Crippen LogP) is 5.49. The van der Waals surface area contributed by atoms with E-state index < -0.39 is 0 Å². The first-order valence-corrected chi connectivity index (χ1v) is 8.96. The summed E-state index contributed by atoms with van der Waals surface area (Å²) in [4.78, 5) is 1.47. The Morgan fingerprint density at radius 3 is 2.53 bits per heavy atom. The second-order valence-corrected chi connectivity index (χ2v) is 8.50. The lowest BCUT2D eigenvalue weighted by atomic mass is 9.78. The smallest absolute Gasteiger partial charge is 0.0285 e. The lowest BCUT2D eigenvalue weighted by Gasteiger charge is -2.31. The maximum Gasteiger partial charge on any atom is 0.0285 e. The van der Waals surface area contributed by atoms with E-state index in [0.717, 1.165) is 18.9 Å². The van der Waals surface area contributed by atoms with E-state index in [0.29, 0.717) is 11.5 Å². The van der Waals surface area contributed by atoms with Crippen LogP contribution in [0.15, 0.2) is 15.9 Å². The van der Waals surface area contributed by atoms with E-state index in [1.54, 1.807) is 0 Å². The van der Waals surface area contributed by atoms with E-state index in [2.05, 4.69) is 67.3 Å². The van der Waals surface area contributed by atoms with Gasteiger partial charge >= 0.3 is 0 Å². The largest absolute Gasteiger partial charge is 0.314 e. The molecule has 2 atom stereocenters. The van der Waals surface area contributed by atoms with Crippen LogP contribution in [0.5, 0.6) is 0 Å². The van der Waals surface area contributed by atoms with Gasteiger partial charge in [0.15, 0.2) is 0 Å². The molecule has 1 N–H and O–H groups in total. The molecule has 0 saturated carbocycles. The van der Waals surface area contributed by atoms with Gasteiger partial charge in [-0.15, -0.1) is 11.3 Å². The Morgan fingerprint density at radius 2 is 2.05 bits per heavy atom.